The van der Waals surface area contributed by atoms with Gasteiger partial charge in [0, 0.05) is 11.4 Å². The number of rotatable bonds is 4. The van der Waals surface area contributed by atoms with Gasteiger partial charge in [-0.1, -0.05) is 34.6 Å². The summed E-state index contributed by atoms with van der Waals surface area (Å²) >= 11 is 1.93. The van der Waals surface area contributed by atoms with Crippen molar-refractivity contribution in [3.63, 3.8) is 0 Å². The predicted octanol–water partition coefficient (Wildman–Crippen LogP) is 4.04. The minimum absolute atomic E-state index is 0.428. The smallest absolute Gasteiger partial charge is 0.107 e. The summed E-state index contributed by atoms with van der Waals surface area (Å²) < 4.78 is 0. The van der Waals surface area contributed by atoms with E-state index in [0.717, 1.165) is 19.0 Å². The SMILES string of the molecule is CC(C)CNCc1nc2c(s1)CC(C(C)(C)C)CC2. The first-order valence-corrected chi connectivity index (χ1v) is 8.36. The fourth-order valence-corrected chi connectivity index (χ4v) is 3.88. The normalized spacial score (nSPS) is 19.8. The second kappa shape index (κ2) is 5.92. The van der Waals surface area contributed by atoms with Gasteiger partial charge in [-0.2, -0.15) is 0 Å². The maximum Gasteiger partial charge on any atom is 0.107 e. The van der Waals surface area contributed by atoms with Crippen LogP contribution in [-0.2, 0) is 19.4 Å². The third kappa shape index (κ3) is 4.03. The largest absolute Gasteiger partial charge is 0.310 e. The summed E-state index contributed by atoms with van der Waals surface area (Å²) in [5.74, 6) is 1.52. The van der Waals surface area contributed by atoms with E-state index < -0.39 is 0 Å². The van der Waals surface area contributed by atoms with Crippen molar-refractivity contribution in [3.05, 3.63) is 15.6 Å². The molecule has 1 aliphatic carbocycles. The highest BCUT2D eigenvalue weighted by Crippen LogP contribution is 2.38. The molecule has 0 saturated carbocycles. The highest BCUT2D eigenvalue weighted by Gasteiger charge is 2.30. The Morgan fingerprint density at radius 2 is 2.11 bits per heavy atom. The van der Waals surface area contributed by atoms with Crippen molar-refractivity contribution in [1.29, 1.82) is 0 Å². The molecule has 19 heavy (non-hydrogen) atoms. The van der Waals surface area contributed by atoms with Crippen molar-refractivity contribution < 1.29 is 0 Å². The van der Waals surface area contributed by atoms with Gasteiger partial charge in [0.15, 0.2) is 0 Å². The first kappa shape index (κ1) is 15.0. The Balaban J connectivity index is 1.96. The average Bonchev–Trinajstić information content (AvgIpc) is 2.68. The molecular weight excluding hydrogens is 252 g/mol. The Labute approximate surface area is 122 Å². The lowest BCUT2D eigenvalue weighted by molar-refractivity contribution is 0.217. The van der Waals surface area contributed by atoms with Crippen LogP contribution in [0.2, 0.25) is 0 Å². The average molecular weight is 280 g/mol. The van der Waals surface area contributed by atoms with Crippen molar-refractivity contribution in [3.8, 4) is 0 Å². The van der Waals surface area contributed by atoms with E-state index >= 15 is 0 Å². The number of hydrogen-bond acceptors (Lipinski definition) is 3. The summed E-state index contributed by atoms with van der Waals surface area (Å²) in [6.45, 7) is 13.6. The number of nitrogens with zero attached hydrogens (tertiary/aromatic N) is 1. The van der Waals surface area contributed by atoms with Gasteiger partial charge >= 0.3 is 0 Å². The molecular formula is C16H28N2S. The molecule has 0 amide bonds. The van der Waals surface area contributed by atoms with E-state index in [9.17, 15) is 0 Å². The first-order chi connectivity index (χ1) is 8.86. The number of aryl methyl sites for hydroxylation is 1. The van der Waals surface area contributed by atoms with Gasteiger partial charge in [0.2, 0.25) is 0 Å². The van der Waals surface area contributed by atoms with Crippen LogP contribution < -0.4 is 5.32 Å². The molecule has 3 heteroatoms. The van der Waals surface area contributed by atoms with Crippen LogP contribution in [0.1, 0.15) is 56.6 Å². The molecule has 1 heterocycles. The molecule has 0 spiro atoms. The summed E-state index contributed by atoms with van der Waals surface area (Å²) in [7, 11) is 0. The molecule has 0 fully saturated rings. The maximum absolute atomic E-state index is 4.82. The molecule has 1 aliphatic rings. The number of aromatic nitrogens is 1. The number of hydrogen-bond donors (Lipinski definition) is 1. The van der Waals surface area contributed by atoms with Crippen molar-refractivity contribution in [2.75, 3.05) is 6.54 Å². The van der Waals surface area contributed by atoms with Crippen LogP contribution in [0.15, 0.2) is 0 Å². The molecule has 1 unspecified atom stereocenters. The van der Waals surface area contributed by atoms with Gasteiger partial charge in [0.25, 0.3) is 0 Å². The molecule has 0 radical (unpaired) electrons. The van der Waals surface area contributed by atoms with Gasteiger partial charge in [-0.3, -0.25) is 0 Å². The van der Waals surface area contributed by atoms with Crippen LogP contribution in [-0.4, -0.2) is 11.5 Å². The lowest BCUT2D eigenvalue weighted by Gasteiger charge is -2.33. The quantitative estimate of drug-likeness (QED) is 0.900. The van der Waals surface area contributed by atoms with Crippen LogP contribution in [0.25, 0.3) is 0 Å². The molecule has 1 N–H and O–H groups in total. The van der Waals surface area contributed by atoms with Crippen LogP contribution in [0.4, 0.5) is 0 Å². The van der Waals surface area contributed by atoms with Crippen molar-refractivity contribution >= 4 is 11.3 Å². The zero-order valence-electron chi connectivity index (χ0n) is 13.0. The van der Waals surface area contributed by atoms with Gasteiger partial charge in [-0.15, -0.1) is 11.3 Å². The minimum atomic E-state index is 0.428. The predicted molar refractivity (Wildman–Crippen MR) is 83.6 cm³/mol. The lowest BCUT2D eigenvalue weighted by Crippen LogP contribution is -2.26. The fraction of sp³-hybridized carbons (Fsp3) is 0.812. The van der Waals surface area contributed by atoms with Crippen molar-refractivity contribution in [2.45, 2.75) is 60.4 Å². The summed E-state index contributed by atoms with van der Waals surface area (Å²) in [6, 6.07) is 0. The van der Waals surface area contributed by atoms with Gasteiger partial charge in [-0.05, 0) is 43.1 Å². The Bertz CT molecular complexity index is 415. The Morgan fingerprint density at radius 1 is 1.37 bits per heavy atom. The van der Waals surface area contributed by atoms with Crippen molar-refractivity contribution in [1.82, 2.24) is 10.3 Å². The second-order valence-corrected chi connectivity index (χ2v) is 8.48. The van der Waals surface area contributed by atoms with E-state index in [0.29, 0.717) is 11.3 Å². The highest BCUT2D eigenvalue weighted by atomic mass is 32.1. The van der Waals surface area contributed by atoms with Crippen LogP contribution in [0.5, 0.6) is 0 Å². The van der Waals surface area contributed by atoms with E-state index in [1.54, 1.807) is 4.88 Å². The highest BCUT2D eigenvalue weighted by molar-refractivity contribution is 7.11. The Kier molecular flexibility index (Phi) is 4.67. The van der Waals surface area contributed by atoms with Crippen LogP contribution in [0.3, 0.4) is 0 Å². The summed E-state index contributed by atoms with van der Waals surface area (Å²) in [5.41, 5.74) is 1.81. The van der Waals surface area contributed by atoms with Crippen LogP contribution >= 0.6 is 11.3 Å². The van der Waals surface area contributed by atoms with Crippen LogP contribution in [0, 0.1) is 17.3 Å². The third-order valence-electron chi connectivity index (χ3n) is 4.04. The molecule has 1 atom stereocenters. The molecule has 0 aromatic carbocycles. The van der Waals surface area contributed by atoms with Gasteiger partial charge in [0.05, 0.1) is 5.69 Å². The summed E-state index contributed by atoms with van der Waals surface area (Å²) in [5, 5.41) is 4.78. The topological polar surface area (TPSA) is 24.9 Å². The van der Waals surface area contributed by atoms with Gasteiger partial charge < -0.3 is 5.32 Å². The second-order valence-electron chi connectivity index (χ2n) is 7.31. The lowest BCUT2D eigenvalue weighted by atomic mass is 9.73. The van der Waals surface area contributed by atoms with Crippen molar-refractivity contribution in [2.24, 2.45) is 17.3 Å². The maximum atomic E-state index is 4.82. The summed E-state index contributed by atoms with van der Waals surface area (Å²) in [6.07, 6.45) is 3.72. The number of thiazole rings is 1. The standard InChI is InChI=1S/C16H28N2S/c1-11(2)9-17-10-15-18-13-7-6-12(16(3,4)5)8-14(13)19-15/h11-12,17H,6-10H2,1-5H3. The fourth-order valence-electron chi connectivity index (χ4n) is 2.71. The number of nitrogens with one attached hydrogen (secondary N) is 1. The molecule has 2 rings (SSSR count). The zero-order valence-corrected chi connectivity index (χ0v) is 13.9. The third-order valence-corrected chi connectivity index (χ3v) is 5.16. The monoisotopic (exact) mass is 280 g/mol. The first-order valence-electron chi connectivity index (χ1n) is 7.54. The van der Waals surface area contributed by atoms with E-state index in [4.69, 9.17) is 4.98 Å². The van der Waals surface area contributed by atoms with Gasteiger partial charge in [-0.25, -0.2) is 4.98 Å². The minimum Gasteiger partial charge on any atom is -0.310 e. The molecule has 1 aromatic rings. The zero-order chi connectivity index (χ0) is 14.0. The molecule has 0 bridgehead atoms. The molecule has 108 valence electrons. The molecule has 1 aromatic heterocycles. The van der Waals surface area contributed by atoms with E-state index in [1.807, 2.05) is 11.3 Å². The van der Waals surface area contributed by atoms with E-state index in [1.165, 1.54) is 30.0 Å². The van der Waals surface area contributed by atoms with E-state index in [2.05, 4.69) is 39.9 Å². The van der Waals surface area contributed by atoms with E-state index in [-0.39, 0.29) is 0 Å². The Morgan fingerprint density at radius 3 is 2.74 bits per heavy atom. The molecule has 0 saturated heterocycles. The Hall–Kier alpha value is -0.410. The molecule has 0 aliphatic heterocycles. The summed E-state index contributed by atoms with van der Waals surface area (Å²) in [4.78, 5) is 6.37. The number of fused-ring (bicyclic) bond motifs is 1. The van der Waals surface area contributed by atoms with Gasteiger partial charge in [0.1, 0.15) is 5.01 Å². The molecule has 2 nitrogen and oxygen atoms in total.